The van der Waals surface area contributed by atoms with Gasteiger partial charge in [-0.05, 0) is 25.3 Å². The molecular formula is C17H26N4OS2. The standard InChI is InChI=1S/C17H26N4OS2/c1-13(16-20-12-14(2)24-16)11-21-17(19-8-10-23-3)18-7-6-15-5-4-9-22-15/h4-5,9,12-13H,6-8,10-11H2,1-3H3,(H2,18,19,21). The van der Waals surface area contributed by atoms with E-state index >= 15 is 0 Å². The molecule has 2 aromatic rings. The molecule has 0 fully saturated rings. The van der Waals surface area contributed by atoms with Crippen LogP contribution >= 0.6 is 23.1 Å². The molecule has 0 amide bonds. The number of nitrogens with zero attached hydrogens (tertiary/aromatic N) is 2. The Labute approximate surface area is 152 Å². The van der Waals surface area contributed by atoms with E-state index in [0.717, 1.165) is 48.5 Å². The van der Waals surface area contributed by atoms with Crippen molar-refractivity contribution in [2.24, 2.45) is 4.99 Å². The molecule has 7 heteroatoms. The summed E-state index contributed by atoms with van der Waals surface area (Å²) in [6, 6.07) is 3.91. The second-order valence-corrected chi connectivity index (χ2v) is 7.83. The highest BCUT2D eigenvalue weighted by molar-refractivity contribution is 7.98. The van der Waals surface area contributed by atoms with E-state index in [1.807, 2.05) is 30.1 Å². The fourth-order valence-electron chi connectivity index (χ4n) is 2.11. The van der Waals surface area contributed by atoms with Gasteiger partial charge in [-0.1, -0.05) is 6.92 Å². The molecule has 0 aliphatic rings. The third-order valence-electron chi connectivity index (χ3n) is 3.43. The molecule has 1 atom stereocenters. The van der Waals surface area contributed by atoms with Crippen LogP contribution < -0.4 is 10.6 Å². The quantitative estimate of drug-likeness (QED) is 0.405. The fraction of sp³-hybridized carbons (Fsp3) is 0.529. The van der Waals surface area contributed by atoms with Gasteiger partial charge in [-0.25, -0.2) is 4.98 Å². The zero-order chi connectivity index (χ0) is 17.2. The lowest BCUT2D eigenvalue weighted by Crippen LogP contribution is -2.39. The van der Waals surface area contributed by atoms with Crippen LogP contribution in [0.25, 0.3) is 0 Å². The molecule has 2 rings (SSSR count). The summed E-state index contributed by atoms with van der Waals surface area (Å²) in [7, 11) is 0. The number of aryl methyl sites for hydroxylation is 1. The molecule has 132 valence electrons. The smallest absolute Gasteiger partial charge is 0.191 e. The SMILES string of the molecule is CSCCNC(=NCC(C)c1ncc(C)s1)NCCc1ccco1. The number of aromatic nitrogens is 1. The van der Waals surface area contributed by atoms with Gasteiger partial charge in [0.15, 0.2) is 5.96 Å². The zero-order valence-electron chi connectivity index (χ0n) is 14.5. The van der Waals surface area contributed by atoms with Crippen LogP contribution in [-0.2, 0) is 6.42 Å². The van der Waals surface area contributed by atoms with Crippen molar-refractivity contribution in [2.75, 3.05) is 31.6 Å². The lowest BCUT2D eigenvalue weighted by atomic mass is 10.2. The maximum Gasteiger partial charge on any atom is 0.191 e. The van der Waals surface area contributed by atoms with Gasteiger partial charge in [-0.3, -0.25) is 4.99 Å². The van der Waals surface area contributed by atoms with Crippen LogP contribution in [0.4, 0.5) is 0 Å². The van der Waals surface area contributed by atoms with E-state index in [-0.39, 0.29) is 0 Å². The first-order valence-corrected chi connectivity index (χ1v) is 10.4. The first-order valence-electron chi connectivity index (χ1n) is 8.15. The van der Waals surface area contributed by atoms with Crippen LogP contribution in [0.1, 0.15) is 28.5 Å². The van der Waals surface area contributed by atoms with Crippen molar-refractivity contribution in [1.82, 2.24) is 15.6 Å². The molecule has 1 unspecified atom stereocenters. The van der Waals surface area contributed by atoms with E-state index in [0.29, 0.717) is 5.92 Å². The molecule has 2 N–H and O–H groups in total. The first-order chi connectivity index (χ1) is 11.7. The number of aliphatic imine (C=N–C) groups is 1. The lowest BCUT2D eigenvalue weighted by Gasteiger charge is -2.13. The first kappa shape index (κ1) is 18.9. The zero-order valence-corrected chi connectivity index (χ0v) is 16.2. The van der Waals surface area contributed by atoms with Gasteiger partial charge < -0.3 is 15.1 Å². The van der Waals surface area contributed by atoms with E-state index in [1.54, 1.807) is 17.6 Å². The Balaban J connectivity index is 1.85. The predicted octanol–water partition coefficient (Wildman–Crippen LogP) is 3.29. The summed E-state index contributed by atoms with van der Waals surface area (Å²) in [4.78, 5) is 10.4. The number of guanidine groups is 1. The fourth-order valence-corrected chi connectivity index (χ4v) is 3.23. The second kappa shape index (κ2) is 10.4. The molecule has 0 spiro atoms. The summed E-state index contributed by atoms with van der Waals surface area (Å²) in [5.74, 6) is 3.22. The number of hydrogen-bond donors (Lipinski definition) is 2. The highest BCUT2D eigenvalue weighted by atomic mass is 32.2. The van der Waals surface area contributed by atoms with Crippen LogP contribution in [0.2, 0.25) is 0 Å². The number of furan rings is 1. The van der Waals surface area contributed by atoms with Gasteiger partial charge in [0.05, 0.1) is 17.8 Å². The third kappa shape index (κ3) is 6.57. The minimum absolute atomic E-state index is 0.327. The lowest BCUT2D eigenvalue weighted by molar-refractivity contribution is 0.507. The van der Waals surface area contributed by atoms with E-state index < -0.39 is 0 Å². The molecule has 0 saturated carbocycles. The van der Waals surface area contributed by atoms with Crippen molar-refractivity contribution in [1.29, 1.82) is 0 Å². The van der Waals surface area contributed by atoms with Crippen LogP contribution in [0.3, 0.4) is 0 Å². The highest BCUT2D eigenvalue weighted by Gasteiger charge is 2.09. The van der Waals surface area contributed by atoms with Gasteiger partial charge >= 0.3 is 0 Å². The van der Waals surface area contributed by atoms with Gasteiger partial charge in [-0.2, -0.15) is 11.8 Å². The molecule has 0 aliphatic carbocycles. The van der Waals surface area contributed by atoms with Crippen LogP contribution in [0, 0.1) is 6.92 Å². The largest absolute Gasteiger partial charge is 0.469 e. The summed E-state index contributed by atoms with van der Waals surface area (Å²) in [5, 5.41) is 7.91. The number of hydrogen-bond acceptors (Lipinski definition) is 5. The van der Waals surface area contributed by atoms with E-state index in [4.69, 9.17) is 9.41 Å². The summed E-state index contributed by atoms with van der Waals surface area (Å²) in [6.07, 6.45) is 6.59. The van der Waals surface area contributed by atoms with E-state index in [2.05, 4.69) is 35.7 Å². The number of nitrogens with one attached hydrogen (secondary N) is 2. The van der Waals surface area contributed by atoms with Crippen molar-refractivity contribution in [3.63, 3.8) is 0 Å². The predicted molar refractivity (Wildman–Crippen MR) is 104 cm³/mol. The van der Waals surface area contributed by atoms with Crippen LogP contribution in [-0.4, -0.2) is 42.6 Å². The molecular weight excluding hydrogens is 340 g/mol. The molecule has 5 nitrogen and oxygen atoms in total. The minimum atomic E-state index is 0.327. The van der Waals surface area contributed by atoms with Crippen LogP contribution in [0.5, 0.6) is 0 Å². The Morgan fingerprint density at radius 3 is 2.92 bits per heavy atom. The molecule has 0 radical (unpaired) electrons. The maximum absolute atomic E-state index is 5.36. The van der Waals surface area contributed by atoms with Gasteiger partial charge in [-0.15, -0.1) is 11.3 Å². The second-order valence-electron chi connectivity index (χ2n) is 5.58. The summed E-state index contributed by atoms with van der Waals surface area (Å²) >= 11 is 3.57. The maximum atomic E-state index is 5.36. The van der Waals surface area contributed by atoms with Crippen LogP contribution in [0.15, 0.2) is 34.0 Å². The Hall–Kier alpha value is -1.47. The molecule has 2 aromatic heterocycles. The highest BCUT2D eigenvalue weighted by Crippen LogP contribution is 2.21. The normalized spacial score (nSPS) is 13.0. The van der Waals surface area contributed by atoms with Gasteiger partial charge in [0.1, 0.15) is 5.76 Å². The Morgan fingerprint density at radius 1 is 1.42 bits per heavy atom. The van der Waals surface area contributed by atoms with E-state index in [1.165, 1.54) is 4.88 Å². The molecule has 0 saturated heterocycles. The summed E-state index contributed by atoms with van der Waals surface area (Å²) in [6.45, 7) is 6.68. The van der Waals surface area contributed by atoms with Crippen molar-refractivity contribution >= 4 is 29.1 Å². The average Bonchev–Trinajstić information content (AvgIpc) is 3.23. The number of thiazole rings is 1. The molecule has 0 bridgehead atoms. The minimum Gasteiger partial charge on any atom is -0.469 e. The van der Waals surface area contributed by atoms with E-state index in [9.17, 15) is 0 Å². The van der Waals surface area contributed by atoms with Crippen molar-refractivity contribution in [3.05, 3.63) is 40.2 Å². The van der Waals surface area contributed by atoms with Gasteiger partial charge in [0.25, 0.3) is 0 Å². The van der Waals surface area contributed by atoms with Crippen molar-refractivity contribution < 1.29 is 4.42 Å². The summed E-state index contributed by atoms with van der Waals surface area (Å²) in [5.41, 5.74) is 0. The number of rotatable bonds is 9. The monoisotopic (exact) mass is 366 g/mol. The topological polar surface area (TPSA) is 62.5 Å². The summed E-state index contributed by atoms with van der Waals surface area (Å²) < 4.78 is 5.36. The molecule has 0 aromatic carbocycles. The Kier molecular flexibility index (Phi) is 8.18. The molecule has 0 aliphatic heterocycles. The van der Waals surface area contributed by atoms with Crippen molar-refractivity contribution in [2.45, 2.75) is 26.2 Å². The molecule has 24 heavy (non-hydrogen) atoms. The van der Waals surface area contributed by atoms with Gasteiger partial charge in [0, 0.05) is 42.3 Å². The third-order valence-corrected chi connectivity index (χ3v) is 5.18. The average molecular weight is 367 g/mol. The van der Waals surface area contributed by atoms with Gasteiger partial charge in [0.2, 0.25) is 0 Å². The number of thioether (sulfide) groups is 1. The molecule has 2 heterocycles. The Bertz CT molecular complexity index is 610. The Morgan fingerprint density at radius 2 is 2.25 bits per heavy atom. The van der Waals surface area contributed by atoms with Crippen molar-refractivity contribution in [3.8, 4) is 0 Å².